The van der Waals surface area contributed by atoms with Gasteiger partial charge in [-0.05, 0) is 38.3 Å². The van der Waals surface area contributed by atoms with Crippen molar-refractivity contribution in [1.29, 1.82) is 0 Å². The lowest BCUT2D eigenvalue weighted by atomic mass is 10.1. The Kier molecular flexibility index (Phi) is 4.80. The molecule has 2 rings (SSSR count). The molecule has 1 saturated heterocycles. The molecular formula is C15H20O4. The van der Waals surface area contributed by atoms with Crippen molar-refractivity contribution in [2.75, 3.05) is 20.3 Å². The summed E-state index contributed by atoms with van der Waals surface area (Å²) in [5.74, 6) is 1.24. The van der Waals surface area contributed by atoms with Crippen molar-refractivity contribution >= 4 is 5.78 Å². The molecule has 0 aliphatic carbocycles. The van der Waals surface area contributed by atoms with Gasteiger partial charge in [-0.3, -0.25) is 4.79 Å². The van der Waals surface area contributed by atoms with Gasteiger partial charge in [-0.15, -0.1) is 0 Å². The lowest BCUT2D eigenvalue weighted by molar-refractivity contribution is -0.0112. The number of ketones is 1. The predicted octanol–water partition coefficient (Wildman–Crippen LogP) is 2.85. The standard InChI is InChI=1S/C15H20O4/c1-11(16)14-7-6-12(17-2)9-15(14)19-10-13-5-3-4-8-18-13/h6-7,9,13H,3-5,8,10H2,1-2H3. The Bertz CT molecular complexity index is 436. The van der Waals surface area contributed by atoms with E-state index in [2.05, 4.69) is 0 Å². The molecule has 1 heterocycles. The minimum Gasteiger partial charge on any atom is -0.497 e. The van der Waals surface area contributed by atoms with Crippen molar-refractivity contribution in [3.63, 3.8) is 0 Å². The predicted molar refractivity (Wildman–Crippen MR) is 72.1 cm³/mol. The topological polar surface area (TPSA) is 44.8 Å². The van der Waals surface area contributed by atoms with Gasteiger partial charge in [-0.2, -0.15) is 0 Å². The fraction of sp³-hybridized carbons (Fsp3) is 0.533. The molecule has 1 aliphatic rings. The molecule has 4 heteroatoms. The molecule has 0 radical (unpaired) electrons. The molecule has 1 atom stereocenters. The first-order valence-electron chi connectivity index (χ1n) is 6.64. The SMILES string of the molecule is COc1ccc(C(C)=O)c(OCC2CCCCO2)c1. The Hall–Kier alpha value is -1.55. The fourth-order valence-electron chi connectivity index (χ4n) is 2.16. The van der Waals surface area contributed by atoms with Crippen LogP contribution >= 0.6 is 0 Å². The van der Waals surface area contributed by atoms with E-state index < -0.39 is 0 Å². The summed E-state index contributed by atoms with van der Waals surface area (Å²) in [4.78, 5) is 11.6. The van der Waals surface area contributed by atoms with Crippen LogP contribution in [-0.4, -0.2) is 32.2 Å². The van der Waals surface area contributed by atoms with Crippen LogP contribution in [0, 0.1) is 0 Å². The Labute approximate surface area is 113 Å². The highest BCUT2D eigenvalue weighted by atomic mass is 16.5. The molecule has 0 bridgehead atoms. The zero-order valence-corrected chi connectivity index (χ0v) is 11.5. The van der Waals surface area contributed by atoms with Crippen molar-refractivity contribution in [2.24, 2.45) is 0 Å². The van der Waals surface area contributed by atoms with E-state index in [1.165, 1.54) is 13.3 Å². The summed E-state index contributed by atoms with van der Waals surface area (Å²) in [5.41, 5.74) is 0.580. The number of benzene rings is 1. The summed E-state index contributed by atoms with van der Waals surface area (Å²) in [5, 5.41) is 0. The van der Waals surface area contributed by atoms with Crippen molar-refractivity contribution in [3.05, 3.63) is 23.8 Å². The molecular weight excluding hydrogens is 244 g/mol. The molecule has 19 heavy (non-hydrogen) atoms. The highest BCUT2D eigenvalue weighted by molar-refractivity contribution is 5.97. The first-order chi connectivity index (χ1) is 9.20. The summed E-state index contributed by atoms with van der Waals surface area (Å²) in [7, 11) is 1.59. The average molecular weight is 264 g/mol. The maximum absolute atomic E-state index is 11.6. The molecule has 0 saturated carbocycles. The van der Waals surface area contributed by atoms with Crippen LogP contribution in [0.15, 0.2) is 18.2 Å². The highest BCUT2D eigenvalue weighted by Gasteiger charge is 2.16. The number of hydrogen-bond donors (Lipinski definition) is 0. The van der Waals surface area contributed by atoms with E-state index in [4.69, 9.17) is 14.2 Å². The quantitative estimate of drug-likeness (QED) is 0.767. The second kappa shape index (κ2) is 6.57. The number of ether oxygens (including phenoxy) is 3. The Morgan fingerprint density at radius 1 is 1.42 bits per heavy atom. The maximum atomic E-state index is 11.6. The molecule has 1 aromatic carbocycles. The fourth-order valence-corrected chi connectivity index (χ4v) is 2.16. The van der Waals surface area contributed by atoms with Crippen LogP contribution < -0.4 is 9.47 Å². The van der Waals surface area contributed by atoms with Gasteiger partial charge in [0.15, 0.2) is 5.78 Å². The van der Waals surface area contributed by atoms with Crippen LogP contribution in [-0.2, 0) is 4.74 Å². The number of methoxy groups -OCH3 is 1. The maximum Gasteiger partial charge on any atom is 0.163 e. The molecule has 0 aromatic heterocycles. The van der Waals surface area contributed by atoms with Crippen LogP contribution in [0.25, 0.3) is 0 Å². The zero-order chi connectivity index (χ0) is 13.7. The zero-order valence-electron chi connectivity index (χ0n) is 11.5. The average Bonchev–Trinajstić information content (AvgIpc) is 2.45. The molecule has 1 aromatic rings. The third kappa shape index (κ3) is 3.70. The van der Waals surface area contributed by atoms with Crippen LogP contribution in [0.4, 0.5) is 0 Å². The largest absolute Gasteiger partial charge is 0.497 e. The van der Waals surface area contributed by atoms with Crippen molar-refractivity contribution in [3.8, 4) is 11.5 Å². The van der Waals surface area contributed by atoms with Crippen LogP contribution in [0.2, 0.25) is 0 Å². The summed E-state index contributed by atoms with van der Waals surface area (Å²) in [6, 6.07) is 5.25. The van der Waals surface area contributed by atoms with Gasteiger partial charge in [0.2, 0.25) is 0 Å². The normalized spacial score (nSPS) is 18.9. The van der Waals surface area contributed by atoms with Gasteiger partial charge in [0, 0.05) is 12.7 Å². The molecule has 104 valence electrons. The van der Waals surface area contributed by atoms with Crippen molar-refractivity contribution < 1.29 is 19.0 Å². The summed E-state index contributed by atoms with van der Waals surface area (Å²) in [6.07, 6.45) is 3.43. The number of carbonyl (C=O) groups is 1. The molecule has 4 nitrogen and oxygen atoms in total. The van der Waals surface area contributed by atoms with E-state index in [0.717, 1.165) is 19.4 Å². The van der Waals surface area contributed by atoms with Crippen LogP contribution in [0.5, 0.6) is 11.5 Å². The van der Waals surface area contributed by atoms with Gasteiger partial charge in [0.25, 0.3) is 0 Å². The Balaban J connectivity index is 2.06. The van der Waals surface area contributed by atoms with Crippen molar-refractivity contribution in [1.82, 2.24) is 0 Å². The van der Waals surface area contributed by atoms with Gasteiger partial charge in [-0.1, -0.05) is 0 Å². The number of carbonyl (C=O) groups excluding carboxylic acids is 1. The summed E-state index contributed by atoms with van der Waals surface area (Å²) >= 11 is 0. The highest BCUT2D eigenvalue weighted by Crippen LogP contribution is 2.26. The molecule has 1 unspecified atom stereocenters. The molecule has 0 spiro atoms. The minimum atomic E-state index is -0.0118. The Morgan fingerprint density at radius 2 is 2.26 bits per heavy atom. The van der Waals surface area contributed by atoms with E-state index >= 15 is 0 Å². The Morgan fingerprint density at radius 3 is 2.89 bits per heavy atom. The number of rotatable bonds is 5. The first-order valence-corrected chi connectivity index (χ1v) is 6.64. The van der Waals surface area contributed by atoms with Gasteiger partial charge >= 0.3 is 0 Å². The number of hydrogen-bond acceptors (Lipinski definition) is 4. The summed E-state index contributed by atoms with van der Waals surface area (Å²) < 4.78 is 16.5. The van der Waals surface area contributed by atoms with Gasteiger partial charge in [0.1, 0.15) is 18.1 Å². The van der Waals surface area contributed by atoms with Gasteiger partial charge < -0.3 is 14.2 Å². The van der Waals surface area contributed by atoms with E-state index in [0.29, 0.717) is 23.7 Å². The molecule has 0 amide bonds. The number of Topliss-reactive ketones (excluding diaryl/α,β-unsaturated/α-hetero) is 1. The monoisotopic (exact) mass is 264 g/mol. The van der Waals surface area contributed by atoms with E-state index in [1.54, 1.807) is 25.3 Å². The third-order valence-electron chi connectivity index (χ3n) is 3.27. The van der Waals surface area contributed by atoms with Gasteiger partial charge in [0.05, 0.1) is 18.8 Å². The molecule has 1 aliphatic heterocycles. The molecule has 0 N–H and O–H groups in total. The third-order valence-corrected chi connectivity index (χ3v) is 3.27. The van der Waals surface area contributed by atoms with E-state index in [-0.39, 0.29) is 11.9 Å². The summed E-state index contributed by atoms with van der Waals surface area (Å²) in [6.45, 7) is 2.81. The second-order valence-electron chi connectivity index (χ2n) is 4.72. The van der Waals surface area contributed by atoms with E-state index in [1.807, 2.05) is 0 Å². The van der Waals surface area contributed by atoms with Gasteiger partial charge in [-0.25, -0.2) is 0 Å². The minimum absolute atomic E-state index is 0.0118. The smallest absolute Gasteiger partial charge is 0.163 e. The van der Waals surface area contributed by atoms with Crippen LogP contribution in [0.1, 0.15) is 36.5 Å². The van der Waals surface area contributed by atoms with Crippen molar-refractivity contribution in [2.45, 2.75) is 32.3 Å². The van der Waals surface area contributed by atoms with Crippen LogP contribution in [0.3, 0.4) is 0 Å². The van der Waals surface area contributed by atoms with E-state index in [9.17, 15) is 4.79 Å². The lowest BCUT2D eigenvalue weighted by Crippen LogP contribution is -2.26. The first kappa shape index (κ1) is 13.9. The molecule has 1 fully saturated rings. The lowest BCUT2D eigenvalue weighted by Gasteiger charge is -2.23. The second-order valence-corrected chi connectivity index (χ2v) is 4.72.